The van der Waals surface area contributed by atoms with Crippen molar-refractivity contribution in [2.45, 2.75) is 61.4 Å². The number of likely N-dealkylation sites (N-methyl/N-ethyl adjacent to an activating group) is 1. The van der Waals surface area contributed by atoms with E-state index in [1.54, 1.807) is 31.9 Å². The molecule has 12 heteroatoms. The summed E-state index contributed by atoms with van der Waals surface area (Å²) in [5.74, 6) is -6.77. The van der Waals surface area contributed by atoms with Crippen molar-refractivity contribution in [3.05, 3.63) is 63.9 Å². The third-order valence-corrected chi connectivity index (χ3v) is 10.3. The molecule has 4 atom stereocenters. The van der Waals surface area contributed by atoms with Crippen LogP contribution in [0.4, 0.5) is 11.4 Å². The summed E-state index contributed by atoms with van der Waals surface area (Å²) in [4.78, 5) is 44.2. The number of amides is 1. The number of phenolic OH excluding ortho intramolecular Hbond substituents is 1. The molecule has 2 aromatic carbocycles. The van der Waals surface area contributed by atoms with Crippen molar-refractivity contribution < 1.29 is 34.8 Å². The molecule has 11 nitrogen and oxygen atoms in total. The number of ketones is 2. The second-order valence-electron chi connectivity index (χ2n) is 13.7. The molecular weight excluding hydrogens is 608 g/mol. The summed E-state index contributed by atoms with van der Waals surface area (Å²) in [6.07, 6.45) is 0.239. The van der Waals surface area contributed by atoms with E-state index < -0.39 is 58.0 Å². The molecule has 3 aliphatic carbocycles. The third-order valence-electron chi connectivity index (χ3n) is 9.04. The SMILES string of the molecule is CN(C)c1cc(NCc2ccccc2SC(C)(C)C)c(O)c2c1C[C@H]1C[C@H]3[C@H](N(C)C)C(=O)C(C(N)=O)=C(O)[C@@]3(O)C(=O)C1=C2O. The van der Waals surface area contributed by atoms with Gasteiger partial charge in [-0.2, -0.15) is 0 Å². The lowest BCUT2D eigenvalue weighted by atomic mass is 9.57. The molecular formula is C34H42N4O7S. The highest BCUT2D eigenvalue weighted by molar-refractivity contribution is 8.00. The van der Waals surface area contributed by atoms with Crippen molar-refractivity contribution in [1.82, 2.24) is 4.90 Å². The number of nitrogens with two attached hydrogens (primary N) is 1. The van der Waals surface area contributed by atoms with Gasteiger partial charge in [0.15, 0.2) is 11.4 Å². The van der Waals surface area contributed by atoms with E-state index in [1.165, 1.54) is 4.90 Å². The summed E-state index contributed by atoms with van der Waals surface area (Å²) in [6.45, 7) is 6.76. The van der Waals surface area contributed by atoms with E-state index >= 15 is 0 Å². The smallest absolute Gasteiger partial charge is 0.255 e. The Balaban J connectivity index is 1.63. The topological polar surface area (TPSA) is 177 Å². The predicted molar refractivity (Wildman–Crippen MR) is 178 cm³/mol. The van der Waals surface area contributed by atoms with Gasteiger partial charge in [-0.3, -0.25) is 19.3 Å². The number of aliphatic hydroxyl groups is 3. The van der Waals surface area contributed by atoms with Crippen LogP contribution in [-0.4, -0.2) is 87.4 Å². The van der Waals surface area contributed by atoms with Crippen LogP contribution in [0.1, 0.15) is 43.9 Å². The summed E-state index contributed by atoms with van der Waals surface area (Å²) in [5.41, 5.74) is 4.41. The number of fused-ring (bicyclic) bond motifs is 3. The number of nitrogens with one attached hydrogen (secondary N) is 1. The minimum absolute atomic E-state index is 0.0215. The summed E-state index contributed by atoms with van der Waals surface area (Å²) in [7, 11) is 6.82. The molecule has 5 rings (SSSR count). The minimum Gasteiger partial charge on any atom is -0.508 e. The molecule has 246 valence electrons. The normalized spacial score (nSPS) is 24.5. The highest BCUT2D eigenvalue weighted by Gasteiger charge is 2.64. The van der Waals surface area contributed by atoms with E-state index in [0.717, 1.165) is 10.5 Å². The van der Waals surface area contributed by atoms with E-state index in [-0.39, 0.29) is 34.5 Å². The first-order valence-corrected chi connectivity index (χ1v) is 15.9. The number of hydrogen-bond donors (Lipinski definition) is 6. The zero-order valence-electron chi connectivity index (χ0n) is 27.1. The average Bonchev–Trinajstić information content (AvgIpc) is 2.94. The van der Waals surface area contributed by atoms with Crippen molar-refractivity contribution in [2.24, 2.45) is 17.6 Å². The number of anilines is 2. The molecule has 2 aromatic rings. The van der Waals surface area contributed by atoms with E-state index in [4.69, 9.17) is 5.73 Å². The van der Waals surface area contributed by atoms with Crippen LogP contribution < -0.4 is 16.0 Å². The fourth-order valence-corrected chi connectivity index (χ4v) is 8.17. The van der Waals surface area contributed by atoms with Gasteiger partial charge < -0.3 is 36.4 Å². The Morgan fingerprint density at radius 3 is 2.35 bits per heavy atom. The van der Waals surface area contributed by atoms with Gasteiger partial charge in [0.25, 0.3) is 5.91 Å². The largest absolute Gasteiger partial charge is 0.508 e. The van der Waals surface area contributed by atoms with Crippen molar-refractivity contribution in [1.29, 1.82) is 0 Å². The third kappa shape index (κ3) is 5.31. The first-order chi connectivity index (χ1) is 21.4. The Morgan fingerprint density at radius 2 is 1.76 bits per heavy atom. The quantitative estimate of drug-likeness (QED) is 0.147. The predicted octanol–water partition coefficient (Wildman–Crippen LogP) is 3.53. The zero-order valence-corrected chi connectivity index (χ0v) is 28.0. The Labute approximate surface area is 272 Å². The number of aromatic hydroxyl groups is 1. The number of carbonyl (C=O) groups is 3. The molecule has 7 N–H and O–H groups in total. The molecule has 0 aromatic heterocycles. The van der Waals surface area contributed by atoms with E-state index in [1.807, 2.05) is 43.3 Å². The maximum absolute atomic E-state index is 14.2. The summed E-state index contributed by atoms with van der Waals surface area (Å²) in [5, 5.41) is 49.7. The second-order valence-corrected chi connectivity index (χ2v) is 15.5. The van der Waals surface area contributed by atoms with Crippen LogP contribution in [-0.2, 0) is 27.3 Å². The Bertz CT molecular complexity index is 1710. The molecule has 0 heterocycles. The van der Waals surface area contributed by atoms with Crippen molar-refractivity contribution in [3.8, 4) is 5.75 Å². The number of rotatable bonds is 7. The van der Waals surface area contributed by atoms with Gasteiger partial charge >= 0.3 is 0 Å². The van der Waals surface area contributed by atoms with Gasteiger partial charge in [0.2, 0.25) is 5.78 Å². The molecule has 46 heavy (non-hydrogen) atoms. The number of aliphatic hydroxyl groups excluding tert-OH is 2. The summed E-state index contributed by atoms with van der Waals surface area (Å²) >= 11 is 1.73. The summed E-state index contributed by atoms with van der Waals surface area (Å²) < 4.78 is -0.0215. The number of nitrogens with zero attached hydrogens (tertiary/aromatic N) is 2. The highest BCUT2D eigenvalue weighted by atomic mass is 32.2. The molecule has 3 aliphatic rings. The number of benzene rings is 2. The van der Waals surface area contributed by atoms with E-state index in [2.05, 4.69) is 26.1 Å². The van der Waals surface area contributed by atoms with Gasteiger partial charge in [-0.15, -0.1) is 11.8 Å². The molecule has 1 amide bonds. The van der Waals surface area contributed by atoms with Crippen LogP contribution in [0.2, 0.25) is 0 Å². The summed E-state index contributed by atoms with van der Waals surface area (Å²) in [6, 6.07) is 8.62. The first kappa shape index (κ1) is 33.4. The first-order valence-electron chi connectivity index (χ1n) is 15.1. The average molecular weight is 651 g/mol. The van der Waals surface area contributed by atoms with Crippen LogP contribution in [0.3, 0.4) is 0 Å². The van der Waals surface area contributed by atoms with Crippen LogP contribution in [0.5, 0.6) is 5.75 Å². The van der Waals surface area contributed by atoms with Crippen LogP contribution in [0, 0.1) is 11.8 Å². The number of thioether (sulfide) groups is 1. The van der Waals surface area contributed by atoms with E-state index in [9.17, 15) is 34.8 Å². The van der Waals surface area contributed by atoms with Gasteiger partial charge in [-0.25, -0.2) is 0 Å². The Hall–Kier alpha value is -4.00. The van der Waals surface area contributed by atoms with Crippen LogP contribution in [0.15, 0.2) is 52.1 Å². The number of primary amides is 1. The monoisotopic (exact) mass is 650 g/mol. The number of Topliss-reactive ketones (excluding diaryl/α,β-unsaturated/α-hetero) is 2. The lowest BCUT2D eigenvalue weighted by Crippen LogP contribution is -2.65. The van der Waals surface area contributed by atoms with Gasteiger partial charge in [-0.05, 0) is 56.1 Å². The van der Waals surface area contributed by atoms with Gasteiger partial charge in [0.1, 0.15) is 22.8 Å². The van der Waals surface area contributed by atoms with Crippen LogP contribution >= 0.6 is 11.8 Å². The highest BCUT2D eigenvalue weighted by Crippen LogP contribution is 2.54. The molecule has 0 bridgehead atoms. The fourth-order valence-electron chi connectivity index (χ4n) is 7.10. The number of carbonyl (C=O) groups excluding carboxylic acids is 3. The van der Waals surface area contributed by atoms with Crippen molar-refractivity contribution in [2.75, 3.05) is 38.4 Å². The molecule has 0 aliphatic heterocycles. The molecule has 0 saturated heterocycles. The maximum Gasteiger partial charge on any atom is 0.255 e. The van der Waals surface area contributed by atoms with Gasteiger partial charge in [0, 0.05) is 47.5 Å². The van der Waals surface area contributed by atoms with Crippen molar-refractivity contribution in [3.63, 3.8) is 0 Å². The van der Waals surface area contributed by atoms with Gasteiger partial charge in [0.05, 0.1) is 17.3 Å². The molecule has 0 spiro atoms. The lowest BCUT2D eigenvalue weighted by molar-refractivity contribution is -0.153. The molecule has 1 fully saturated rings. The fraction of sp³-hybridized carbons (Fsp3) is 0.441. The van der Waals surface area contributed by atoms with Crippen molar-refractivity contribution >= 4 is 46.4 Å². The maximum atomic E-state index is 14.2. The lowest BCUT2D eigenvalue weighted by Gasteiger charge is -2.50. The number of hydrogen-bond acceptors (Lipinski definition) is 11. The minimum atomic E-state index is -2.69. The Kier molecular flexibility index (Phi) is 8.46. The molecule has 0 unspecified atom stereocenters. The zero-order chi connectivity index (χ0) is 34.0. The second kappa shape index (κ2) is 11.7. The van der Waals surface area contributed by atoms with Crippen LogP contribution in [0.25, 0.3) is 5.76 Å². The Morgan fingerprint density at radius 1 is 1.11 bits per heavy atom. The van der Waals surface area contributed by atoms with E-state index in [0.29, 0.717) is 23.5 Å². The molecule has 0 radical (unpaired) electrons. The number of phenols is 1. The standard InChI is InChI=1S/C34H42N4O7S/c1-33(2,3)46-22-11-9-8-10-16(22)15-36-20-14-21(37(4)5)18-12-17-13-19-26(38(6)7)29(41)25(32(35)44)31(43)34(19,45)30(42)23(17)28(40)24(18)27(20)39/h8-11,14,17,19,26,36,39-40,43,45H,12-13,15H2,1-7H3,(H2,35,44)/t17-,19-,26-,34-/m0/s1. The molecule has 1 saturated carbocycles. The van der Waals surface area contributed by atoms with Gasteiger partial charge in [-0.1, -0.05) is 39.0 Å².